The van der Waals surface area contributed by atoms with Crippen molar-refractivity contribution in [2.24, 2.45) is 13.0 Å². The van der Waals surface area contributed by atoms with Crippen molar-refractivity contribution in [1.82, 2.24) is 19.1 Å². The van der Waals surface area contributed by atoms with Crippen LogP contribution >= 0.6 is 11.8 Å². The number of fused-ring (bicyclic) bond motifs is 1. The van der Waals surface area contributed by atoms with E-state index < -0.39 is 5.69 Å². The van der Waals surface area contributed by atoms with Crippen LogP contribution in [0.25, 0.3) is 11.2 Å². The van der Waals surface area contributed by atoms with Crippen LogP contribution in [-0.2, 0) is 19.3 Å². The average Bonchev–Trinajstić information content (AvgIpc) is 2.96. The standard InChI is InChI=1S/C18H22N4O2S/c1-12(2)9-10-22-14(11-25-13-7-5-4-6-8-13)19-16-15(22)17(23)20-18(24)21(16)3/h4-8,12H,9-11H2,1-3H3,(H,20,23,24). The molecule has 0 saturated heterocycles. The van der Waals surface area contributed by atoms with Crippen LogP contribution < -0.4 is 11.2 Å². The lowest BCUT2D eigenvalue weighted by Gasteiger charge is -2.10. The molecule has 1 N–H and O–H groups in total. The van der Waals surface area contributed by atoms with Gasteiger partial charge < -0.3 is 4.57 Å². The molecule has 0 fully saturated rings. The molecule has 3 aromatic rings. The van der Waals surface area contributed by atoms with Gasteiger partial charge in [-0.25, -0.2) is 9.78 Å². The van der Waals surface area contributed by atoms with Gasteiger partial charge in [0.2, 0.25) is 0 Å². The number of aromatic nitrogens is 4. The quantitative estimate of drug-likeness (QED) is 0.688. The molecule has 7 heteroatoms. The summed E-state index contributed by atoms with van der Waals surface area (Å²) >= 11 is 1.67. The molecule has 2 heterocycles. The molecule has 25 heavy (non-hydrogen) atoms. The van der Waals surface area contributed by atoms with Crippen LogP contribution in [0.5, 0.6) is 0 Å². The summed E-state index contributed by atoms with van der Waals surface area (Å²) in [6.45, 7) is 5.01. The van der Waals surface area contributed by atoms with Gasteiger partial charge in [-0.05, 0) is 24.5 Å². The van der Waals surface area contributed by atoms with E-state index in [4.69, 9.17) is 0 Å². The van der Waals surface area contributed by atoms with Crippen molar-refractivity contribution in [3.8, 4) is 0 Å². The van der Waals surface area contributed by atoms with Gasteiger partial charge in [0, 0.05) is 18.5 Å². The summed E-state index contributed by atoms with van der Waals surface area (Å²) in [7, 11) is 1.63. The summed E-state index contributed by atoms with van der Waals surface area (Å²) in [6.07, 6.45) is 0.941. The number of hydrogen-bond acceptors (Lipinski definition) is 4. The fourth-order valence-electron chi connectivity index (χ4n) is 2.68. The zero-order valence-electron chi connectivity index (χ0n) is 14.7. The monoisotopic (exact) mass is 358 g/mol. The van der Waals surface area contributed by atoms with E-state index in [0.717, 1.165) is 17.1 Å². The van der Waals surface area contributed by atoms with Gasteiger partial charge in [-0.1, -0.05) is 32.0 Å². The highest BCUT2D eigenvalue weighted by molar-refractivity contribution is 7.98. The van der Waals surface area contributed by atoms with E-state index in [0.29, 0.717) is 29.4 Å². The summed E-state index contributed by atoms with van der Waals surface area (Å²) in [5.74, 6) is 1.97. The smallest absolute Gasteiger partial charge is 0.321 e. The summed E-state index contributed by atoms with van der Waals surface area (Å²) in [4.78, 5) is 32.4. The van der Waals surface area contributed by atoms with Crippen molar-refractivity contribution < 1.29 is 0 Å². The van der Waals surface area contributed by atoms with Crippen molar-refractivity contribution >= 4 is 22.9 Å². The highest BCUT2D eigenvalue weighted by Crippen LogP contribution is 2.24. The Morgan fingerprint density at radius 2 is 1.92 bits per heavy atom. The molecular weight excluding hydrogens is 336 g/mol. The molecule has 132 valence electrons. The van der Waals surface area contributed by atoms with Crippen LogP contribution in [0, 0.1) is 5.92 Å². The van der Waals surface area contributed by atoms with Gasteiger partial charge in [0.25, 0.3) is 5.56 Å². The number of aryl methyl sites for hydroxylation is 2. The number of thioether (sulfide) groups is 1. The predicted octanol–water partition coefficient (Wildman–Crippen LogP) is 2.76. The van der Waals surface area contributed by atoms with Crippen LogP contribution in [-0.4, -0.2) is 19.1 Å². The maximum Gasteiger partial charge on any atom is 0.329 e. The molecule has 0 aliphatic rings. The number of rotatable bonds is 6. The second kappa shape index (κ2) is 7.31. The normalized spacial score (nSPS) is 11.5. The first kappa shape index (κ1) is 17.5. The predicted molar refractivity (Wildman–Crippen MR) is 101 cm³/mol. The van der Waals surface area contributed by atoms with E-state index in [2.05, 4.69) is 23.8 Å². The van der Waals surface area contributed by atoms with E-state index in [1.54, 1.807) is 18.8 Å². The second-order valence-electron chi connectivity index (χ2n) is 6.45. The first-order valence-electron chi connectivity index (χ1n) is 8.33. The molecule has 6 nitrogen and oxygen atoms in total. The topological polar surface area (TPSA) is 72.7 Å². The molecule has 0 unspecified atom stereocenters. The lowest BCUT2D eigenvalue weighted by Crippen LogP contribution is -2.29. The van der Waals surface area contributed by atoms with Crippen LogP contribution in [0.3, 0.4) is 0 Å². The Balaban J connectivity index is 2.04. The molecule has 0 bridgehead atoms. The summed E-state index contributed by atoms with van der Waals surface area (Å²) in [5.41, 5.74) is 0.117. The van der Waals surface area contributed by atoms with Gasteiger partial charge in [0.15, 0.2) is 11.2 Å². The fourth-order valence-corrected chi connectivity index (χ4v) is 3.55. The SMILES string of the molecule is CC(C)CCn1c(CSc2ccccc2)nc2c1c(=O)[nH]c(=O)n2C. The summed E-state index contributed by atoms with van der Waals surface area (Å²) in [6, 6.07) is 10.1. The fraction of sp³-hybridized carbons (Fsp3) is 0.389. The zero-order chi connectivity index (χ0) is 18.0. The Bertz CT molecular complexity index is 986. The van der Waals surface area contributed by atoms with Crippen LogP contribution in [0.4, 0.5) is 0 Å². The third-order valence-corrected chi connectivity index (χ3v) is 5.14. The minimum Gasteiger partial charge on any atom is -0.321 e. The summed E-state index contributed by atoms with van der Waals surface area (Å²) in [5, 5.41) is 0. The summed E-state index contributed by atoms with van der Waals surface area (Å²) < 4.78 is 3.36. The third kappa shape index (κ3) is 3.71. The van der Waals surface area contributed by atoms with E-state index >= 15 is 0 Å². The van der Waals surface area contributed by atoms with Crippen molar-refractivity contribution in [3.63, 3.8) is 0 Å². The molecule has 0 spiro atoms. The molecule has 0 aliphatic carbocycles. The number of nitrogens with zero attached hydrogens (tertiary/aromatic N) is 3. The number of hydrogen-bond donors (Lipinski definition) is 1. The lowest BCUT2D eigenvalue weighted by atomic mass is 10.1. The van der Waals surface area contributed by atoms with Crippen LogP contribution in [0.2, 0.25) is 0 Å². The zero-order valence-corrected chi connectivity index (χ0v) is 15.5. The minimum absolute atomic E-state index is 0.370. The van der Waals surface area contributed by atoms with E-state index in [9.17, 15) is 9.59 Å². The minimum atomic E-state index is -0.437. The number of nitrogens with one attached hydrogen (secondary N) is 1. The van der Waals surface area contributed by atoms with Gasteiger partial charge in [-0.15, -0.1) is 11.8 Å². The van der Waals surface area contributed by atoms with Gasteiger partial charge in [0.1, 0.15) is 5.82 Å². The van der Waals surface area contributed by atoms with E-state index in [1.807, 2.05) is 34.9 Å². The number of imidazole rings is 1. The van der Waals surface area contributed by atoms with Crippen molar-refractivity contribution in [2.75, 3.05) is 0 Å². The van der Waals surface area contributed by atoms with Crippen LogP contribution in [0.1, 0.15) is 26.1 Å². The Kier molecular flexibility index (Phi) is 5.13. The maximum absolute atomic E-state index is 12.4. The Morgan fingerprint density at radius 3 is 2.60 bits per heavy atom. The second-order valence-corrected chi connectivity index (χ2v) is 7.50. The maximum atomic E-state index is 12.4. The molecule has 3 rings (SSSR count). The first-order chi connectivity index (χ1) is 12.0. The van der Waals surface area contributed by atoms with Crippen molar-refractivity contribution in [1.29, 1.82) is 0 Å². The van der Waals surface area contributed by atoms with Gasteiger partial charge in [-0.3, -0.25) is 14.3 Å². The highest BCUT2D eigenvalue weighted by atomic mass is 32.2. The molecule has 0 aliphatic heterocycles. The van der Waals surface area contributed by atoms with E-state index in [-0.39, 0.29) is 5.56 Å². The van der Waals surface area contributed by atoms with Gasteiger partial charge >= 0.3 is 5.69 Å². The molecule has 0 saturated carbocycles. The molecule has 2 aromatic heterocycles. The molecular formula is C18H22N4O2S. The molecule has 0 amide bonds. The molecule has 0 radical (unpaired) electrons. The van der Waals surface area contributed by atoms with E-state index in [1.165, 1.54) is 4.57 Å². The van der Waals surface area contributed by atoms with Gasteiger partial charge in [-0.2, -0.15) is 0 Å². The highest BCUT2D eigenvalue weighted by Gasteiger charge is 2.17. The van der Waals surface area contributed by atoms with Crippen molar-refractivity contribution in [2.45, 2.75) is 37.5 Å². The number of H-pyrrole nitrogens is 1. The average molecular weight is 358 g/mol. The van der Waals surface area contributed by atoms with Gasteiger partial charge in [0.05, 0.1) is 5.75 Å². The number of aromatic amines is 1. The molecule has 1 aromatic carbocycles. The number of benzene rings is 1. The van der Waals surface area contributed by atoms with Crippen LogP contribution in [0.15, 0.2) is 44.8 Å². The molecule has 0 atom stereocenters. The third-order valence-electron chi connectivity index (χ3n) is 4.13. The van der Waals surface area contributed by atoms with Crippen molar-refractivity contribution in [3.05, 3.63) is 57.0 Å². The Hall–Kier alpha value is -2.28. The Labute approximate surface area is 149 Å². The Morgan fingerprint density at radius 1 is 1.20 bits per heavy atom. The largest absolute Gasteiger partial charge is 0.329 e. The lowest BCUT2D eigenvalue weighted by molar-refractivity contribution is 0.515. The first-order valence-corrected chi connectivity index (χ1v) is 9.32.